The molecule has 26 heavy (non-hydrogen) atoms. The minimum absolute atomic E-state index is 0. The van der Waals surface area contributed by atoms with Crippen molar-refractivity contribution in [2.45, 2.75) is 0 Å². The molecule has 0 atom stereocenters. The molecule has 0 saturated heterocycles. The number of rotatable bonds is 2. The zero-order valence-corrected chi connectivity index (χ0v) is 16.0. The molecule has 0 bridgehead atoms. The summed E-state index contributed by atoms with van der Waals surface area (Å²) in [5.41, 5.74) is 3.55. The van der Waals surface area contributed by atoms with Gasteiger partial charge in [0.2, 0.25) is 0 Å². The molecule has 4 aromatic rings. The van der Waals surface area contributed by atoms with Crippen molar-refractivity contribution in [3.05, 3.63) is 73.3 Å². The van der Waals surface area contributed by atoms with Crippen molar-refractivity contribution in [2.24, 2.45) is 0 Å². The van der Waals surface area contributed by atoms with Gasteiger partial charge in [0, 0.05) is 24.8 Å². The zero-order chi connectivity index (χ0) is 15.0. The van der Waals surface area contributed by atoms with E-state index in [0.29, 0.717) is 0 Å². The molecule has 4 heterocycles. The smallest absolute Gasteiger partial charge is 1.00 e. The van der Waals surface area contributed by atoms with E-state index >= 15 is 0 Å². The molecule has 7 nitrogen and oxygen atoms in total. The predicted molar refractivity (Wildman–Crippen MR) is 87.3 cm³/mol. The van der Waals surface area contributed by atoms with E-state index in [1.807, 2.05) is 48.5 Å². The van der Waals surface area contributed by atoms with Crippen LogP contribution >= 0.6 is 0 Å². The second kappa shape index (κ2) is 14.0. The molecule has 10 heteroatoms. The van der Waals surface area contributed by atoms with Crippen LogP contribution in [0.2, 0.25) is 0 Å². The first-order valence-electron chi connectivity index (χ1n) is 6.76. The van der Waals surface area contributed by atoms with E-state index in [2.05, 4.69) is 30.4 Å². The van der Waals surface area contributed by atoms with E-state index in [9.17, 15) is 0 Å². The van der Waals surface area contributed by atoms with Gasteiger partial charge in [-0.3, -0.25) is 20.2 Å². The Morgan fingerprint density at radius 3 is 1.27 bits per heavy atom. The van der Waals surface area contributed by atoms with Crippen molar-refractivity contribution < 1.29 is 47.4 Å². The summed E-state index contributed by atoms with van der Waals surface area (Å²) in [7, 11) is 0. The Morgan fingerprint density at radius 2 is 1.00 bits per heavy atom. The maximum absolute atomic E-state index is 4.14. The Hall–Kier alpha value is -2.22. The minimum atomic E-state index is 0. The number of aromatic amines is 2. The topological polar surface area (TPSA) is 115 Å². The van der Waals surface area contributed by atoms with Gasteiger partial charge in [-0.2, -0.15) is 10.2 Å². The van der Waals surface area contributed by atoms with Gasteiger partial charge < -0.3 is 30.3 Å². The summed E-state index contributed by atoms with van der Waals surface area (Å²) >= 11 is 0. The van der Waals surface area contributed by atoms with Crippen LogP contribution in [0.25, 0.3) is 22.8 Å². The molecule has 0 amide bonds. The van der Waals surface area contributed by atoms with Crippen molar-refractivity contribution in [3.8, 4) is 22.8 Å². The molecule has 0 aliphatic carbocycles. The van der Waals surface area contributed by atoms with Crippen molar-refractivity contribution in [3.63, 3.8) is 0 Å². The summed E-state index contributed by atoms with van der Waals surface area (Å²) in [5, 5.41) is 13.5. The van der Waals surface area contributed by atoms with Gasteiger partial charge in [0.05, 0.1) is 11.4 Å². The van der Waals surface area contributed by atoms with Gasteiger partial charge in [0.25, 0.3) is 0 Å². The molecule has 0 aliphatic heterocycles. The standard InChI is InChI=1S/2C8H7N3.2ClH.Mn.H2O/c2*1-2-5-9-7(3-1)8-4-6-10-11-8;;;;/h2*1-6H,(H,10,11);2*1H;;1H2/q;;;;+2;/p-2. The van der Waals surface area contributed by atoms with E-state index in [1.54, 1.807) is 24.8 Å². The quantitative estimate of drug-likeness (QED) is 0.314. The van der Waals surface area contributed by atoms with Crippen molar-refractivity contribution in [2.75, 3.05) is 0 Å². The van der Waals surface area contributed by atoms with Crippen LogP contribution in [0.4, 0.5) is 0 Å². The van der Waals surface area contributed by atoms with Gasteiger partial charge in [-0.1, -0.05) is 12.1 Å². The number of aromatic nitrogens is 6. The van der Waals surface area contributed by atoms with E-state index < -0.39 is 0 Å². The molecule has 137 valence electrons. The molecule has 0 spiro atoms. The Labute approximate surface area is 173 Å². The third-order valence-corrected chi connectivity index (χ3v) is 2.86. The van der Waals surface area contributed by atoms with Gasteiger partial charge in [0.1, 0.15) is 11.4 Å². The number of pyridine rings is 2. The number of hydrogen-bond acceptors (Lipinski definition) is 4. The van der Waals surface area contributed by atoms with Crippen molar-refractivity contribution in [1.29, 1.82) is 0 Å². The molecule has 0 aromatic carbocycles. The Bertz CT molecular complexity index is 717. The van der Waals surface area contributed by atoms with Crippen LogP contribution in [0.15, 0.2) is 73.3 Å². The maximum atomic E-state index is 4.14. The van der Waals surface area contributed by atoms with Crippen LogP contribution < -0.4 is 24.8 Å². The Morgan fingerprint density at radius 1 is 0.577 bits per heavy atom. The first-order chi connectivity index (χ1) is 10.9. The molecule has 0 saturated carbocycles. The summed E-state index contributed by atoms with van der Waals surface area (Å²) in [6.07, 6.45) is 7.07. The summed E-state index contributed by atoms with van der Waals surface area (Å²) in [4.78, 5) is 8.28. The summed E-state index contributed by atoms with van der Waals surface area (Å²) in [5.74, 6) is 0. The zero-order valence-electron chi connectivity index (χ0n) is 13.4. The molecule has 0 aliphatic rings. The fraction of sp³-hybridized carbons (Fsp3) is 0. The van der Waals surface area contributed by atoms with Gasteiger partial charge in [-0.05, 0) is 36.4 Å². The van der Waals surface area contributed by atoms with E-state index in [4.69, 9.17) is 0 Å². The molecule has 1 radical (unpaired) electrons. The average Bonchev–Trinajstić information content (AvgIpc) is 3.31. The van der Waals surface area contributed by atoms with Crippen molar-refractivity contribution in [1.82, 2.24) is 30.4 Å². The first kappa shape index (κ1) is 26.0. The molecular weight excluding hydrogens is 418 g/mol. The number of halogens is 2. The molecular formula is C16H16Cl2MnN6O. The number of H-pyrrole nitrogens is 2. The van der Waals surface area contributed by atoms with Gasteiger partial charge in [-0.15, -0.1) is 0 Å². The van der Waals surface area contributed by atoms with E-state index in [1.165, 1.54) is 0 Å². The van der Waals surface area contributed by atoms with Crippen LogP contribution in [-0.2, 0) is 17.1 Å². The van der Waals surface area contributed by atoms with E-state index in [-0.39, 0.29) is 47.4 Å². The largest absolute Gasteiger partial charge is 2.00 e. The molecule has 4 rings (SSSR count). The van der Waals surface area contributed by atoms with Crippen LogP contribution in [-0.4, -0.2) is 35.8 Å². The van der Waals surface area contributed by atoms with E-state index in [0.717, 1.165) is 22.8 Å². The predicted octanol–water partition coefficient (Wildman–Crippen LogP) is -3.88. The maximum Gasteiger partial charge on any atom is 2.00 e. The molecule has 4 N–H and O–H groups in total. The van der Waals surface area contributed by atoms with Crippen molar-refractivity contribution >= 4 is 0 Å². The van der Waals surface area contributed by atoms with Gasteiger partial charge >= 0.3 is 17.1 Å². The molecule has 4 aromatic heterocycles. The van der Waals surface area contributed by atoms with Crippen LogP contribution in [0, 0.1) is 0 Å². The SMILES string of the molecule is O.[Cl-].[Cl-].[Mn+2].c1ccc(-c2cc[nH]n2)nc1.c1ccc(-c2cc[nH]n2)nc1. The van der Waals surface area contributed by atoms with Crippen LogP contribution in [0.5, 0.6) is 0 Å². The third-order valence-electron chi connectivity index (χ3n) is 2.86. The second-order valence-electron chi connectivity index (χ2n) is 4.35. The van der Waals surface area contributed by atoms with Gasteiger partial charge in [-0.25, -0.2) is 0 Å². The summed E-state index contributed by atoms with van der Waals surface area (Å²) < 4.78 is 0. The minimum Gasteiger partial charge on any atom is -1.00 e. The average molecular weight is 434 g/mol. The molecule has 0 fully saturated rings. The Kier molecular flexibility index (Phi) is 14.0. The first-order valence-corrected chi connectivity index (χ1v) is 6.76. The van der Waals surface area contributed by atoms with Gasteiger partial charge in [0.15, 0.2) is 0 Å². The van der Waals surface area contributed by atoms with Crippen LogP contribution in [0.1, 0.15) is 0 Å². The normalized spacial score (nSPS) is 8.31. The molecule has 0 unspecified atom stereocenters. The number of nitrogens with zero attached hydrogens (tertiary/aromatic N) is 4. The Balaban J connectivity index is 0. The fourth-order valence-corrected chi connectivity index (χ4v) is 1.83. The summed E-state index contributed by atoms with van der Waals surface area (Å²) in [6.45, 7) is 0. The van der Waals surface area contributed by atoms with Crippen LogP contribution in [0.3, 0.4) is 0 Å². The fourth-order valence-electron chi connectivity index (χ4n) is 1.83. The summed E-state index contributed by atoms with van der Waals surface area (Å²) in [6, 6.07) is 15.3. The second-order valence-corrected chi connectivity index (χ2v) is 4.35. The number of hydrogen-bond donors (Lipinski definition) is 2. The monoisotopic (exact) mass is 433 g/mol. The number of nitrogens with one attached hydrogen (secondary N) is 2. The third kappa shape index (κ3) is 7.35.